The van der Waals surface area contributed by atoms with E-state index in [-0.39, 0.29) is 0 Å². The summed E-state index contributed by atoms with van der Waals surface area (Å²) in [5.74, 6) is 1.23. The molecule has 1 aliphatic rings. The maximum absolute atomic E-state index is 11.6. The summed E-state index contributed by atoms with van der Waals surface area (Å²) in [5.41, 5.74) is 1.31. The molecule has 0 saturated carbocycles. The fourth-order valence-corrected chi connectivity index (χ4v) is 3.08. The van der Waals surface area contributed by atoms with Gasteiger partial charge in [-0.15, -0.1) is 0 Å². The summed E-state index contributed by atoms with van der Waals surface area (Å²) in [7, 11) is 0. The lowest BCUT2D eigenvalue weighted by Crippen LogP contribution is -2.08. The van der Waals surface area contributed by atoms with Crippen LogP contribution in [0.3, 0.4) is 0 Å². The topological polar surface area (TPSA) is 54.0 Å². The van der Waals surface area contributed by atoms with Crippen molar-refractivity contribution in [2.45, 2.75) is 71.5 Å². The SMILES string of the molecule is CCCCCCOc1cc(C2OCCO2)c(OCCCCCC)cc1C=O. The van der Waals surface area contributed by atoms with Gasteiger partial charge in [-0.05, 0) is 25.0 Å². The average molecular weight is 379 g/mol. The Morgan fingerprint density at radius 1 is 0.889 bits per heavy atom. The first-order valence-electron chi connectivity index (χ1n) is 10.4. The molecule has 0 aliphatic carbocycles. The molecule has 1 fully saturated rings. The molecular formula is C22H34O5. The van der Waals surface area contributed by atoms with E-state index in [0.717, 1.165) is 37.5 Å². The third-order valence-corrected chi connectivity index (χ3v) is 4.66. The van der Waals surface area contributed by atoms with E-state index in [1.54, 1.807) is 6.07 Å². The molecule has 27 heavy (non-hydrogen) atoms. The number of rotatable bonds is 14. The Labute approximate surface area is 163 Å². The molecule has 1 saturated heterocycles. The molecule has 1 aliphatic heterocycles. The summed E-state index contributed by atoms with van der Waals surface area (Å²) in [6, 6.07) is 3.61. The van der Waals surface area contributed by atoms with Crippen LogP contribution in [0.2, 0.25) is 0 Å². The predicted molar refractivity (Wildman–Crippen MR) is 106 cm³/mol. The van der Waals surface area contributed by atoms with Gasteiger partial charge in [-0.1, -0.05) is 52.4 Å². The summed E-state index contributed by atoms with van der Waals surface area (Å²) < 4.78 is 23.2. The fourth-order valence-electron chi connectivity index (χ4n) is 3.08. The lowest BCUT2D eigenvalue weighted by Gasteiger charge is -2.18. The number of hydrogen-bond donors (Lipinski definition) is 0. The number of ether oxygens (including phenoxy) is 4. The van der Waals surface area contributed by atoms with E-state index in [1.807, 2.05) is 6.07 Å². The zero-order chi connectivity index (χ0) is 19.3. The second kappa shape index (κ2) is 12.7. The fraction of sp³-hybridized carbons (Fsp3) is 0.682. The van der Waals surface area contributed by atoms with Crippen molar-refractivity contribution in [3.05, 3.63) is 23.3 Å². The predicted octanol–water partition coefficient (Wildman–Crippen LogP) is 5.46. The van der Waals surface area contributed by atoms with Crippen LogP contribution in [0.15, 0.2) is 12.1 Å². The molecule has 152 valence electrons. The Kier molecular flexibility index (Phi) is 10.2. The van der Waals surface area contributed by atoms with Crippen LogP contribution in [-0.4, -0.2) is 32.7 Å². The van der Waals surface area contributed by atoms with E-state index in [9.17, 15) is 4.79 Å². The largest absolute Gasteiger partial charge is 0.493 e. The number of benzene rings is 1. The molecule has 1 aromatic carbocycles. The molecule has 0 atom stereocenters. The van der Waals surface area contributed by atoms with Crippen molar-refractivity contribution in [1.29, 1.82) is 0 Å². The maximum atomic E-state index is 11.6. The highest BCUT2D eigenvalue weighted by molar-refractivity contribution is 5.80. The smallest absolute Gasteiger partial charge is 0.187 e. The van der Waals surface area contributed by atoms with Crippen molar-refractivity contribution < 1.29 is 23.7 Å². The van der Waals surface area contributed by atoms with Gasteiger partial charge in [-0.2, -0.15) is 0 Å². The molecule has 0 unspecified atom stereocenters. The van der Waals surface area contributed by atoms with Gasteiger partial charge in [-0.25, -0.2) is 0 Å². The zero-order valence-electron chi connectivity index (χ0n) is 16.8. The summed E-state index contributed by atoms with van der Waals surface area (Å²) in [6.07, 6.45) is 9.39. The molecular weight excluding hydrogens is 344 g/mol. The van der Waals surface area contributed by atoms with Crippen molar-refractivity contribution in [1.82, 2.24) is 0 Å². The molecule has 5 heteroatoms. The molecule has 5 nitrogen and oxygen atoms in total. The van der Waals surface area contributed by atoms with Gasteiger partial charge in [0, 0.05) is 0 Å². The van der Waals surface area contributed by atoms with Crippen LogP contribution >= 0.6 is 0 Å². The molecule has 0 amide bonds. The normalized spacial score (nSPS) is 14.4. The lowest BCUT2D eigenvalue weighted by molar-refractivity contribution is -0.0459. The molecule has 2 rings (SSSR count). The molecule has 0 radical (unpaired) electrons. The monoisotopic (exact) mass is 378 g/mol. The third kappa shape index (κ3) is 7.15. The number of aldehydes is 1. The summed E-state index contributed by atoms with van der Waals surface area (Å²) in [5, 5.41) is 0. The average Bonchev–Trinajstić information content (AvgIpc) is 3.22. The zero-order valence-corrected chi connectivity index (χ0v) is 16.8. The number of hydrogen-bond acceptors (Lipinski definition) is 5. The first kappa shape index (κ1) is 21.7. The van der Waals surface area contributed by atoms with Gasteiger partial charge in [0.2, 0.25) is 0 Å². The van der Waals surface area contributed by atoms with E-state index in [4.69, 9.17) is 18.9 Å². The van der Waals surface area contributed by atoms with Crippen molar-refractivity contribution in [2.75, 3.05) is 26.4 Å². The van der Waals surface area contributed by atoms with Gasteiger partial charge in [-0.3, -0.25) is 4.79 Å². The van der Waals surface area contributed by atoms with Crippen LogP contribution in [0, 0.1) is 0 Å². The van der Waals surface area contributed by atoms with Gasteiger partial charge in [0.05, 0.1) is 37.6 Å². The second-order valence-corrected chi connectivity index (χ2v) is 6.94. The van der Waals surface area contributed by atoms with Crippen molar-refractivity contribution >= 4 is 6.29 Å². The summed E-state index contributed by atoms with van der Waals surface area (Å²) in [6.45, 7) is 6.71. The molecule has 0 bridgehead atoms. The van der Waals surface area contributed by atoms with Gasteiger partial charge in [0.1, 0.15) is 11.5 Å². The minimum atomic E-state index is -0.459. The van der Waals surface area contributed by atoms with Gasteiger partial charge in [0.25, 0.3) is 0 Å². The molecule has 1 aromatic rings. The Balaban J connectivity index is 2.07. The van der Waals surface area contributed by atoms with Gasteiger partial charge in [0.15, 0.2) is 12.6 Å². The van der Waals surface area contributed by atoms with Crippen molar-refractivity contribution in [3.8, 4) is 11.5 Å². The van der Waals surface area contributed by atoms with Crippen LogP contribution < -0.4 is 9.47 Å². The highest BCUT2D eigenvalue weighted by Crippen LogP contribution is 2.36. The van der Waals surface area contributed by atoms with E-state index < -0.39 is 6.29 Å². The van der Waals surface area contributed by atoms with Crippen molar-refractivity contribution in [3.63, 3.8) is 0 Å². The Morgan fingerprint density at radius 2 is 1.48 bits per heavy atom. The minimum absolute atomic E-state index is 0.459. The summed E-state index contributed by atoms with van der Waals surface area (Å²) >= 11 is 0. The highest BCUT2D eigenvalue weighted by atomic mass is 16.7. The van der Waals surface area contributed by atoms with Crippen LogP contribution in [0.25, 0.3) is 0 Å². The molecule has 0 spiro atoms. The van der Waals surface area contributed by atoms with Gasteiger partial charge < -0.3 is 18.9 Å². The quantitative estimate of drug-likeness (QED) is 0.318. The van der Waals surface area contributed by atoms with E-state index >= 15 is 0 Å². The maximum Gasteiger partial charge on any atom is 0.187 e. The highest BCUT2D eigenvalue weighted by Gasteiger charge is 2.24. The van der Waals surface area contributed by atoms with Crippen LogP contribution in [0.4, 0.5) is 0 Å². The Morgan fingerprint density at radius 3 is 2.04 bits per heavy atom. The van der Waals surface area contributed by atoms with E-state index in [1.165, 1.54) is 25.7 Å². The number of carbonyl (C=O) groups excluding carboxylic acids is 1. The minimum Gasteiger partial charge on any atom is -0.493 e. The van der Waals surface area contributed by atoms with Crippen LogP contribution in [0.1, 0.15) is 87.4 Å². The first-order valence-corrected chi connectivity index (χ1v) is 10.4. The lowest BCUT2D eigenvalue weighted by atomic mass is 10.1. The summed E-state index contributed by atoms with van der Waals surface area (Å²) in [4.78, 5) is 11.6. The number of unbranched alkanes of at least 4 members (excludes halogenated alkanes) is 6. The van der Waals surface area contributed by atoms with Gasteiger partial charge >= 0.3 is 0 Å². The third-order valence-electron chi connectivity index (χ3n) is 4.66. The molecule has 0 N–H and O–H groups in total. The van der Waals surface area contributed by atoms with Crippen molar-refractivity contribution in [2.24, 2.45) is 0 Å². The van der Waals surface area contributed by atoms with E-state index in [2.05, 4.69) is 13.8 Å². The second-order valence-electron chi connectivity index (χ2n) is 6.94. The number of carbonyl (C=O) groups is 1. The van der Waals surface area contributed by atoms with E-state index in [0.29, 0.717) is 43.5 Å². The first-order chi connectivity index (χ1) is 13.3. The Hall–Kier alpha value is -1.59. The molecule has 1 heterocycles. The molecule has 0 aromatic heterocycles. The standard InChI is InChI=1S/C22H34O5/c1-3-5-7-9-11-24-20-16-19(22-26-13-14-27-22)21(15-18(20)17-23)25-12-10-8-6-4-2/h15-17,22H,3-14H2,1-2H3. The van der Waals surface area contributed by atoms with Crippen LogP contribution in [0.5, 0.6) is 11.5 Å². The van der Waals surface area contributed by atoms with Crippen LogP contribution in [-0.2, 0) is 9.47 Å². The Bertz CT molecular complexity index is 552.